The van der Waals surface area contributed by atoms with Crippen molar-refractivity contribution in [1.82, 2.24) is 0 Å². The largest absolute Gasteiger partial charge is 0.394 e. The normalized spacial score (nSPS) is 15.5. The lowest BCUT2D eigenvalue weighted by Gasteiger charge is -2.23. The van der Waals surface area contributed by atoms with Crippen LogP contribution in [0, 0.1) is 13.8 Å². The molecule has 0 heterocycles. The molecule has 0 bridgehead atoms. The van der Waals surface area contributed by atoms with E-state index >= 15 is 0 Å². The number of aryl methyl sites for hydroxylation is 2. The van der Waals surface area contributed by atoms with Crippen LogP contribution in [0.15, 0.2) is 18.2 Å². The van der Waals surface area contributed by atoms with E-state index in [0.29, 0.717) is 0 Å². The van der Waals surface area contributed by atoms with E-state index in [0.717, 1.165) is 5.56 Å². The second kappa shape index (κ2) is 3.48. The van der Waals surface area contributed by atoms with Crippen LogP contribution < -0.4 is 5.73 Å². The van der Waals surface area contributed by atoms with Gasteiger partial charge in [0.15, 0.2) is 0 Å². The molecule has 0 amide bonds. The summed E-state index contributed by atoms with van der Waals surface area (Å²) in [4.78, 5) is 0. The van der Waals surface area contributed by atoms with Crippen molar-refractivity contribution in [2.45, 2.75) is 26.3 Å². The molecule has 3 N–H and O–H groups in total. The number of rotatable bonds is 2. The minimum atomic E-state index is -0.628. The van der Waals surface area contributed by atoms with E-state index in [1.54, 1.807) is 0 Å². The first-order valence-corrected chi connectivity index (χ1v) is 4.44. The number of hydrogen-bond acceptors (Lipinski definition) is 2. The second-order valence-electron chi connectivity index (χ2n) is 3.95. The van der Waals surface area contributed by atoms with Crippen molar-refractivity contribution in [3.8, 4) is 0 Å². The second-order valence-corrected chi connectivity index (χ2v) is 3.95. The van der Waals surface area contributed by atoms with Gasteiger partial charge in [0.05, 0.1) is 12.1 Å². The third-order valence-corrected chi connectivity index (χ3v) is 2.21. The zero-order chi connectivity index (χ0) is 10.1. The third-order valence-electron chi connectivity index (χ3n) is 2.21. The van der Waals surface area contributed by atoms with E-state index in [2.05, 4.69) is 6.07 Å². The summed E-state index contributed by atoms with van der Waals surface area (Å²) < 4.78 is 0. The van der Waals surface area contributed by atoms with Crippen LogP contribution in [0.1, 0.15) is 23.6 Å². The van der Waals surface area contributed by atoms with Crippen molar-refractivity contribution >= 4 is 0 Å². The fourth-order valence-electron chi connectivity index (χ4n) is 1.40. The Kier molecular flexibility index (Phi) is 2.74. The van der Waals surface area contributed by atoms with Gasteiger partial charge in [0.2, 0.25) is 0 Å². The molecule has 0 saturated heterocycles. The maximum atomic E-state index is 9.10. The summed E-state index contributed by atoms with van der Waals surface area (Å²) in [6.45, 7) is 5.87. The van der Waals surface area contributed by atoms with Crippen LogP contribution in [0.4, 0.5) is 0 Å². The van der Waals surface area contributed by atoms with E-state index in [4.69, 9.17) is 10.8 Å². The first kappa shape index (κ1) is 10.2. The standard InChI is InChI=1S/C11H17NO/c1-8-4-9(2)6-10(5-8)11(3,12)7-13/h4-6,13H,7,12H2,1-3H3. The predicted octanol–water partition coefficient (Wildman–Crippen LogP) is 1.47. The summed E-state index contributed by atoms with van der Waals surface area (Å²) in [5.74, 6) is 0. The molecule has 0 aliphatic carbocycles. The summed E-state index contributed by atoms with van der Waals surface area (Å²) in [6.07, 6.45) is 0. The van der Waals surface area contributed by atoms with Crippen LogP contribution in [-0.4, -0.2) is 11.7 Å². The van der Waals surface area contributed by atoms with E-state index in [1.807, 2.05) is 32.9 Å². The van der Waals surface area contributed by atoms with E-state index in [1.165, 1.54) is 11.1 Å². The quantitative estimate of drug-likeness (QED) is 0.722. The molecule has 2 nitrogen and oxygen atoms in total. The van der Waals surface area contributed by atoms with E-state index in [-0.39, 0.29) is 6.61 Å². The van der Waals surface area contributed by atoms with Gasteiger partial charge in [0, 0.05) is 0 Å². The minimum absolute atomic E-state index is 0.0319. The van der Waals surface area contributed by atoms with Crippen LogP contribution in [0.25, 0.3) is 0 Å². The monoisotopic (exact) mass is 179 g/mol. The fourth-order valence-corrected chi connectivity index (χ4v) is 1.40. The van der Waals surface area contributed by atoms with Gasteiger partial charge in [-0.25, -0.2) is 0 Å². The average molecular weight is 179 g/mol. The maximum absolute atomic E-state index is 9.10. The van der Waals surface area contributed by atoms with Crippen molar-refractivity contribution in [2.24, 2.45) is 5.73 Å². The molecule has 0 aliphatic rings. The molecular formula is C11H17NO. The Balaban J connectivity index is 3.15. The van der Waals surface area contributed by atoms with Gasteiger partial charge in [-0.1, -0.05) is 29.3 Å². The van der Waals surface area contributed by atoms with Gasteiger partial charge in [-0.05, 0) is 26.3 Å². The molecule has 1 rings (SSSR count). The Bertz CT molecular complexity index is 285. The lowest BCUT2D eigenvalue weighted by atomic mass is 9.91. The molecular weight excluding hydrogens is 162 g/mol. The van der Waals surface area contributed by atoms with Gasteiger partial charge in [0.1, 0.15) is 0 Å². The molecule has 1 atom stereocenters. The minimum Gasteiger partial charge on any atom is -0.394 e. The fraction of sp³-hybridized carbons (Fsp3) is 0.455. The highest BCUT2D eigenvalue weighted by Gasteiger charge is 2.19. The summed E-state index contributed by atoms with van der Waals surface area (Å²) in [6, 6.07) is 6.13. The Hall–Kier alpha value is -0.860. The predicted molar refractivity (Wildman–Crippen MR) is 54.5 cm³/mol. The van der Waals surface area contributed by atoms with Gasteiger partial charge in [-0.2, -0.15) is 0 Å². The summed E-state index contributed by atoms with van der Waals surface area (Å²) in [5.41, 5.74) is 8.65. The van der Waals surface area contributed by atoms with E-state index in [9.17, 15) is 0 Å². The highest BCUT2D eigenvalue weighted by atomic mass is 16.3. The molecule has 0 radical (unpaired) electrons. The van der Waals surface area contributed by atoms with Crippen molar-refractivity contribution in [3.63, 3.8) is 0 Å². The Morgan fingerprint density at radius 3 is 2.08 bits per heavy atom. The molecule has 13 heavy (non-hydrogen) atoms. The SMILES string of the molecule is Cc1cc(C)cc(C(C)(N)CO)c1. The zero-order valence-electron chi connectivity index (χ0n) is 8.46. The highest BCUT2D eigenvalue weighted by molar-refractivity contribution is 5.32. The third kappa shape index (κ3) is 2.29. The number of nitrogens with two attached hydrogens (primary N) is 1. The Morgan fingerprint density at radius 2 is 1.69 bits per heavy atom. The maximum Gasteiger partial charge on any atom is 0.0650 e. The van der Waals surface area contributed by atoms with Crippen molar-refractivity contribution in [2.75, 3.05) is 6.61 Å². The molecule has 0 spiro atoms. The van der Waals surface area contributed by atoms with Gasteiger partial charge < -0.3 is 10.8 Å². The molecule has 0 saturated carbocycles. The van der Waals surface area contributed by atoms with Crippen molar-refractivity contribution in [1.29, 1.82) is 0 Å². The first-order valence-electron chi connectivity index (χ1n) is 4.44. The number of benzene rings is 1. The van der Waals surface area contributed by atoms with Crippen molar-refractivity contribution in [3.05, 3.63) is 34.9 Å². The molecule has 2 heteroatoms. The van der Waals surface area contributed by atoms with Crippen LogP contribution in [0.2, 0.25) is 0 Å². The molecule has 72 valence electrons. The highest BCUT2D eigenvalue weighted by Crippen LogP contribution is 2.19. The smallest absolute Gasteiger partial charge is 0.0650 e. The topological polar surface area (TPSA) is 46.2 Å². The van der Waals surface area contributed by atoms with E-state index < -0.39 is 5.54 Å². The van der Waals surface area contributed by atoms with Crippen LogP contribution >= 0.6 is 0 Å². The molecule has 0 aliphatic heterocycles. The van der Waals surface area contributed by atoms with Gasteiger partial charge in [0.25, 0.3) is 0 Å². The average Bonchev–Trinajstić information content (AvgIpc) is 2.02. The van der Waals surface area contributed by atoms with Gasteiger partial charge in [-0.3, -0.25) is 0 Å². The first-order chi connectivity index (χ1) is 5.95. The zero-order valence-corrected chi connectivity index (χ0v) is 8.46. The van der Waals surface area contributed by atoms with Crippen LogP contribution in [0.5, 0.6) is 0 Å². The lowest BCUT2D eigenvalue weighted by molar-refractivity contribution is 0.210. The summed E-state index contributed by atoms with van der Waals surface area (Å²) >= 11 is 0. The number of hydrogen-bond donors (Lipinski definition) is 2. The summed E-state index contributed by atoms with van der Waals surface area (Å²) in [5, 5.41) is 9.10. The van der Waals surface area contributed by atoms with Gasteiger partial charge in [-0.15, -0.1) is 0 Å². The molecule has 1 aromatic rings. The van der Waals surface area contributed by atoms with Crippen LogP contribution in [-0.2, 0) is 5.54 Å². The molecule has 0 fully saturated rings. The summed E-state index contributed by atoms with van der Waals surface area (Å²) in [7, 11) is 0. The Morgan fingerprint density at radius 1 is 1.23 bits per heavy atom. The Labute approximate surface area is 79.4 Å². The number of aliphatic hydroxyl groups is 1. The number of aliphatic hydroxyl groups excluding tert-OH is 1. The van der Waals surface area contributed by atoms with Gasteiger partial charge >= 0.3 is 0 Å². The van der Waals surface area contributed by atoms with Crippen LogP contribution in [0.3, 0.4) is 0 Å². The molecule has 0 aromatic heterocycles. The molecule has 1 aromatic carbocycles. The van der Waals surface area contributed by atoms with Crippen molar-refractivity contribution < 1.29 is 5.11 Å². The lowest BCUT2D eigenvalue weighted by Crippen LogP contribution is -2.37. The molecule has 1 unspecified atom stereocenters.